The molecule has 0 saturated carbocycles. The molecular formula is C18H16N2O2S2. The lowest BCUT2D eigenvalue weighted by Gasteiger charge is -2.16. The zero-order valence-electron chi connectivity index (χ0n) is 13.1. The fourth-order valence-corrected chi connectivity index (χ4v) is 3.52. The molecule has 0 aliphatic carbocycles. The van der Waals surface area contributed by atoms with E-state index in [-0.39, 0.29) is 11.8 Å². The van der Waals surface area contributed by atoms with E-state index >= 15 is 0 Å². The molecule has 0 fully saturated rings. The number of hydrogen-bond donors (Lipinski definition) is 1. The van der Waals surface area contributed by atoms with Gasteiger partial charge in [-0.25, -0.2) is 0 Å². The fourth-order valence-electron chi connectivity index (χ4n) is 2.25. The smallest absolute Gasteiger partial charge is 0.265 e. The quantitative estimate of drug-likeness (QED) is 0.739. The molecule has 3 aromatic rings. The van der Waals surface area contributed by atoms with Gasteiger partial charge in [0.2, 0.25) is 0 Å². The van der Waals surface area contributed by atoms with E-state index in [0.29, 0.717) is 22.7 Å². The molecule has 3 rings (SSSR count). The first-order chi connectivity index (χ1) is 11.6. The molecule has 0 radical (unpaired) electrons. The van der Waals surface area contributed by atoms with Crippen LogP contribution in [0.1, 0.15) is 25.6 Å². The van der Waals surface area contributed by atoms with Crippen molar-refractivity contribution in [3.63, 3.8) is 0 Å². The molecule has 4 nitrogen and oxygen atoms in total. The molecule has 0 atom stereocenters. The van der Waals surface area contributed by atoms with E-state index in [9.17, 15) is 9.59 Å². The molecule has 0 spiro atoms. The van der Waals surface area contributed by atoms with Crippen molar-refractivity contribution < 1.29 is 9.59 Å². The molecule has 0 unspecified atom stereocenters. The van der Waals surface area contributed by atoms with Crippen molar-refractivity contribution in [3.05, 3.63) is 74.6 Å². The van der Waals surface area contributed by atoms with Crippen molar-refractivity contribution in [2.45, 2.75) is 6.54 Å². The summed E-state index contributed by atoms with van der Waals surface area (Å²) in [6, 6.07) is 12.6. The van der Waals surface area contributed by atoms with Crippen LogP contribution in [-0.2, 0) is 6.54 Å². The Bertz CT molecular complexity index is 809. The molecule has 0 aliphatic heterocycles. The summed E-state index contributed by atoms with van der Waals surface area (Å²) in [5.74, 6) is -0.184. The first-order valence-corrected chi connectivity index (χ1v) is 9.17. The van der Waals surface area contributed by atoms with Gasteiger partial charge in [-0.05, 0) is 58.1 Å². The molecule has 24 heavy (non-hydrogen) atoms. The Labute approximate surface area is 148 Å². The van der Waals surface area contributed by atoms with Gasteiger partial charge in [0.1, 0.15) is 0 Å². The van der Waals surface area contributed by atoms with E-state index in [0.717, 1.165) is 5.56 Å². The first-order valence-electron chi connectivity index (χ1n) is 7.35. The van der Waals surface area contributed by atoms with Crippen LogP contribution in [0.3, 0.4) is 0 Å². The van der Waals surface area contributed by atoms with Crippen LogP contribution in [0.4, 0.5) is 5.69 Å². The maximum Gasteiger partial charge on any atom is 0.265 e. The first kappa shape index (κ1) is 16.4. The van der Waals surface area contributed by atoms with E-state index in [1.54, 1.807) is 53.6 Å². The van der Waals surface area contributed by atoms with Crippen LogP contribution in [0.5, 0.6) is 0 Å². The minimum Gasteiger partial charge on any atom is -0.337 e. The highest BCUT2D eigenvalue weighted by atomic mass is 32.1. The second-order valence-corrected chi connectivity index (χ2v) is 7.03. The normalized spacial score (nSPS) is 10.4. The zero-order valence-corrected chi connectivity index (χ0v) is 14.7. The highest BCUT2D eigenvalue weighted by Gasteiger charge is 2.13. The maximum atomic E-state index is 12.4. The summed E-state index contributed by atoms with van der Waals surface area (Å²) in [5.41, 5.74) is 2.39. The van der Waals surface area contributed by atoms with Gasteiger partial charge in [-0.2, -0.15) is 11.3 Å². The second kappa shape index (κ2) is 7.42. The van der Waals surface area contributed by atoms with Crippen molar-refractivity contribution in [2.24, 2.45) is 0 Å². The third kappa shape index (κ3) is 3.90. The molecule has 2 aromatic heterocycles. The van der Waals surface area contributed by atoms with Gasteiger partial charge in [-0.15, -0.1) is 11.3 Å². The van der Waals surface area contributed by atoms with Gasteiger partial charge in [0, 0.05) is 24.8 Å². The lowest BCUT2D eigenvalue weighted by molar-refractivity contribution is 0.0785. The molecule has 0 saturated heterocycles. The fraction of sp³-hybridized carbons (Fsp3) is 0.111. The van der Waals surface area contributed by atoms with Crippen molar-refractivity contribution in [2.75, 3.05) is 12.4 Å². The predicted octanol–water partition coefficient (Wildman–Crippen LogP) is 4.33. The minimum atomic E-state index is -0.140. The molecule has 0 bridgehead atoms. The van der Waals surface area contributed by atoms with Crippen LogP contribution in [0.15, 0.2) is 58.6 Å². The van der Waals surface area contributed by atoms with E-state index in [4.69, 9.17) is 0 Å². The van der Waals surface area contributed by atoms with E-state index in [1.807, 2.05) is 28.3 Å². The van der Waals surface area contributed by atoms with Crippen LogP contribution in [0, 0.1) is 0 Å². The monoisotopic (exact) mass is 356 g/mol. The summed E-state index contributed by atoms with van der Waals surface area (Å²) in [6.45, 7) is 0.583. The average molecular weight is 356 g/mol. The molecule has 2 heterocycles. The van der Waals surface area contributed by atoms with Gasteiger partial charge < -0.3 is 10.2 Å². The molecule has 0 aliphatic rings. The molecule has 122 valence electrons. The third-order valence-electron chi connectivity index (χ3n) is 3.48. The number of carbonyl (C=O) groups excluding carboxylic acids is 2. The number of nitrogens with zero attached hydrogens (tertiary/aromatic N) is 1. The highest BCUT2D eigenvalue weighted by Crippen LogP contribution is 2.16. The number of hydrogen-bond acceptors (Lipinski definition) is 4. The molecule has 1 N–H and O–H groups in total. The largest absolute Gasteiger partial charge is 0.337 e. The van der Waals surface area contributed by atoms with Crippen molar-refractivity contribution in [1.82, 2.24) is 4.90 Å². The summed E-state index contributed by atoms with van der Waals surface area (Å²) >= 11 is 3.01. The molecule has 2 amide bonds. The third-order valence-corrected chi connectivity index (χ3v) is 5.08. The SMILES string of the molecule is CN(Cc1ccsc1)C(=O)c1ccc(NC(=O)c2cccs2)cc1. The summed E-state index contributed by atoms with van der Waals surface area (Å²) in [6.07, 6.45) is 0. The zero-order chi connectivity index (χ0) is 16.9. The number of nitrogens with one attached hydrogen (secondary N) is 1. The summed E-state index contributed by atoms with van der Waals surface area (Å²) < 4.78 is 0. The highest BCUT2D eigenvalue weighted by molar-refractivity contribution is 7.12. The number of carbonyl (C=O) groups is 2. The van der Waals surface area contributed by atoms with Gasteiger partial charge in [0.25, 0.3) is 11.8 Å². The van der Waals surface area contributed by atoms with Gasteiger partial charge in [-0.1, -0.05) is 6.07 Å². The van der Waals surface area contributed by atoms with Gasteiger partial charge in [0.05, 0.1) is 4.88 Å². The number of benzene rings is 1. The second-order valence-electron chi connectivity index (χ2n) is 5.30. The van der Waals surface area contributed by atoms with Crippen LogP contribution in [0.25, 0.3) is 0 Å². The standard InChI is InChI=1S/C18H16N2O2S2/c1-20(11-13-8-10-23-12-13)18(22)14-4-6-15(7-5-14)19-17(21)16-3-2-9-24-16/h2-10,12H,11H2,1H3,(H,19,21). The predicted molar refractivity (Wildman–Crippen MR) is 98.8 cm³/mol. The summed E-state index contributed by atoms with van der Waals surface area (Å²) in [4.78, 5) is 26.8. The Morgan fingerprint density at radius 3 is 2.50 bits per heavy atom. The molecule has 6 heteroatoms. The van der Waals surface area contributed by atoms with Crippen LogP contribution in [-0.4, -0.2) is 23.8 Å². The van der Waals surface area contributed by atoms with Gasteiger partial charge in [-0.3, -0.25) is 9.59 Å². The lowest BCUT2D eigenvalue weighted by Crippen LogP contribution is -2.25. The number of rotatable bonds is 5. The Balaban J connectivity index is 1.63. The number of anilines is 1. The summed E-state index contributed by atoms with van der Waals surface area (Å²) in [5, 5.41) is 8.72. The van der Waals surface area contributed by atoms with Crippen molar-refractivity contribution in [3.8, 4) is 0 Å². The minimum absolute atomic E-state index is 0.0441. The van der Waals surface area contributed by atoms with Crippen LogP contribution >= 0.6 is 22.7 Å². The molecular weight excluding hydrogens is 340 g/mol. The lowest BCUT2D eigenvalue weighted by atomic mass is 10.1. The summed E-state index contributed by atoms with van der Waals surface area (Å²) in [7, 11) is 1.78. The Morgan fingerprint density at radius 1 is 1.08 bits per heavy atom. The topological polar surface area (TPSA) is 49.4 Å². The Hall–Kier alpha value is -2.44. The number of amides is 2. The maximum absolute atomic E-state index is 12.4. The van der Waals surface area contributed by atoms with E-state index < -0.39 is 0 Å². The average Bonchev–Trinajstić information content (AvgIpc) is 3.28. The Morgan fingerprint density at radius 2 is 1.88 bits per heavy atom. The van der Waals surface area contributed by atoms with Crippen molar-refractivity contribution in [1.29, 1.82) is 0 Å². The number of thiophene rings is 2. The van der Waals surface area contributed by atoms with E-state index in [2.05, 4.69) is 5.32 Å². The van der Waals surface area contributed by atoms with Crippen molar-refractivity contribution >= 4 is 40.2 Å². The van der Waals surface area contributed by atoms with Gasteiger partial charge in [0.15, 0.2) is 0 Å². The molecule has 1 aromatic carbocycles. The van der Waals surface area contributed by atoms with Crippen LogP contribution in [0.2, 0.25) is 0 Å². The van der Waals surface area contributed by atoms with Crippen LogP contribution < -0.4 is 5.32 Å². The Kier molecular flexibility index (Phi) is 5.08. The van der Waals surface area contributed by atoms with Gasteiger partial charge >= 0.3 is 0 Å². The van der Waals surface area contributed by atoms with E-state index in [1.165, 1.54) is 11.3 Å².